The number of benzene rings is 2. The Bertz CT molecular complexity index is 695. The zero-order chi connectivity index (χ0) is 15.6. The maximum Gasteiger partial charge on any atom is 0.335 e. The summed E-state index contributed by atoms with van der Waals surface area (Å²) in [5.41, 5.74) is 1.39. The number of amides is 1. The van der Waals surface area contributed by atoms with Crippen molar-refractivity contribution in [3.8, 4) is 0 Å². The van der Waals surface area contributed by atoms with Crippen LogP contribution in [-0.4, -0.2) is 24.0 Å². The molecule has 0 aliphatic carbocycles. The average molecular weight is 287 g/mol. The number of rotatable bonds is 3. The van der Waals surface area contributed by atoms with Gasteiger partial charge >= 0.3 is 5.97 Å². The molecule has 0 aromatic heterocycles. The van der Waals surface area contributed by atoms with E-state index in [1.807, 2.05) is 0 Å². The normalized spacial score (nSPS) is 10.2. The van der Waals surface area contributed by atoms with E-state index in [0.717, 1.165) is 5.56 Å². The van der Waals surface area contributed by atoms with E-state index in [-0.39, 0.29) is 11.1 Å². The highest BCUT2D eigenvalue weighted by Gasteiger charge is 2.18. The number of anilines is 1. The van der Waals surface area contributed by atoms with Crippen molar-refractivity contribution in [2.24, 2.45) is 0 Å². The predicted molar refractivity (Wildman–Crippen MR) is 77.3 cm³/mol. The van der Waals surface area contributed by atoms with Gasteiger partial charge in [-0.1, -0.05) is 11.6 Å². The van der Waals surface area contributed by atoms with Gasteiger partial charge in [0.15, 0.2) is 0 Å². The van der Waals surface area contributed by atoms with Crippen molar-refractivity contribution in [3.63, 3.8) is 0 Å². The number of aryl methyl sites for hydroxylation is 1. The molecule has 0 saturated heterocycles. The lowest BCUT2D eigenvalue weighted by Gasteiger charge is -2.18. The molecule has 0 atom stereocenters. The highest BCUT2D eigenvalue weighted by atomic mass is 19.1. The Kier molecular flexibility index (Phi) is 4.03. The Hall–Kier alpha value is -2.69. The van der Waals surface area contributed by atoms with Gasteiger partial charge in [-0.25, -0.2) is 9.18 Å². The van der Waals surface area contributed by atoms with Crippen LogP contribution in [0.4, 0.5) is 10.1 Å². The van der Waals surface area contributed by atoms with Crippen molar-refractivity contribution >= 4 is 17.6 Å². The largest absolute Gasteiger partial charge is 0.478 e. The van der Waals surface area contributed by atoms with E-state index in [9.17, 15) is 14.0 Å². The van der Waals surface area contributed by atoms with E-state index >= 15 is 0 Å². The fourth-order valence-corrected chi connectivity index (χ4v) is 1.93. The number of carbonyl (C=O) groups is 2. The maximum atomic E-state index is 13.7. The number of nitrogens with zero attached hydrogens (tertiary/aromatic N) is 1. The molecule has 2 rings (SSSR count). The van der Waals surface area contributed by atoms with Crippen molar-refractivity contribution in [2.45, 2.75) is 6.92 Å². The van der Waals surface area contributed by atoms with Crippen LogP contribution < -0.4 is 4.90 Å². The Labute approximate surface area is 121 Å². The van der Waals surface area contributed by atoms with Gasteiger partial charge in [0.05, 0.1) is 11.1 Å². The van der Waals surface area contributed by atoms with Crippen LogP contribution >= 0.6 is 0 Å². The number of carboxylic acid groups (broad SMARTS) is 1. The number of hydrogen-bond donors (Lipinski definition) is 1. The first-order valence-electron chi connectivity index (χ1n) is 6.27. The first kappa shape index (κ1) is 14.7. The summed E-state index contributed by atoms with van der Waals surface area (Å²) in [4.78, 5) is 24.4. The summed E-state index contributed by atoms with van der Waals surface area (Å²) in [5.74, 6) is -2.11. The summed E-state index contributed by atoms with van der Waals surface area (Å²) in [6.45, 7) is 1.78. The topological polar surface area (TPSA) is 57.6 Å². The van der Waals surface area contributed by atoms with Gasteiger partial charge < -0.3 is 10.0 Å². The van der Waals surface area contributed by atoms with Crippen molar-refractivity contribution < 1.29 is 19.1 Å². The molecule has 0 fully saturated rings. The van der Waals surface area contributed by atoms with Gasteiger partial charge in [0.1, 0.15) is 5.82 Å². The molecule has 4 nitrogen and oxygen atoms in total. The molecule has 1 amide bonds. The number of carboxylic acids is 1. The molecule has 0 radical (unpaired) electrons. The Balaban J connectivity index is 2.30. The summed E-state index contributed by atoms with van der Waals surface area (Å²) in [5, 5.41) is 8.84. The van der Waals surface area contributed by atoms with Crippen LogP contribution in [0, 0.1) is 12.7 Å². The lowest BCUT2D eigenvalue weighted by Crippen LogP contribution is -2.27. The molecular formula is C16H14FNO3. The third kappa shape index (κ3) is 3.08. The third-order valence-electron chi connectivity index (χ3n) is 3.16. The molecule has 0 spiro atoms. The highest BCUT2D eigenvalue weighted by Crippen LogP contribution is 2.19. The molecule has 2 aromatic carbocycles. The molecule has 0 saturated carbocycles. The molecule has 0 heterocycles. The summed E-state index contributed by atoms with van der Waals surface area (Å²) in [6.07, 6.45) is 0. The van der Waals surface area contributed by atoms with Gasteiger partial charge in [0.25, 0.3) is 5.91 Å². The van der Waals surface area contributed by atoms with Crippen molar-refractivity contribution in [3.05, 3.63) is 65.0 Å². The van der Waals surface area contributed by atoms with Crippen LogP contribution in [0.3, 0.4) is 0 Å². The van der Waals surface area contributed by atoms with Gasteiger partial charge in [-0.3, -0.25) is 4.79 Å². The van der Waals surface area contributed by atoms with Gasteiger partial charge in [-0.05, 0) is 43.3 Å². The molecular weight excluding hydrogens is 273 g/mol. The molecule has 21 heavy (non-hydrogen) atoms. The number of hydrogen-bond acceptors (Lipinski definition) is 2. The van der Waals surface area contributed by atoms with Gasteiger partial charge in [-0.2, -0.15) is 0 Å². The van der Waals surface area contributed by atoms with Gasteiger partial charge in [-0.15, -0.1) is 0 Å². The Morgan fingerprint density at radius 1 is 1.10 bits per heavy atom. The van der Waals surface area contributed by atoms with E-state index in [1.165, 1.54) is 48.3 Å². The Morgan fingerprint density at radius 2 is 1.71 bits per heavy atom. The second-order valence-corrected chi connectivity index (χ2v) is 4.70. The number of halogens is 1. The van der Waals surface area contributed by atoms with Crippen LogP contribution in [0.15, 0.2) is 42.5 Å². The molecule has 0 bridgehead atoms. The van der Waals surface area contributed by atoms with Crippen molar-refractivity contribution in [1.29, 1.82) is 0 Å². The fourth-order valence-electron chi connectivity index (χ4n) is 1.93. The van der Waals surface area contributed by atoms with E-state index in [4.69, 9.17) is 5.11 Å². The molecule has 108 valence electrons. The number of carbonyl (C=O) groups excluding carboxylic acids is 1. The van der Waals surface area contributed by atoms with E-state index < -0.39 is 17.7 Å². The summed E-state index contributed by atoms with van der Waals surface area (Å²) < 4.78 is 13.7. The Morgan fingerprint density at radius 3 is 2.29 bits per heavy atom. The monoisotopic (exact) mass is 287 g/mol. The number of aromatic carboxylic acids is 1. The van der Waals surface area contributed by atoms with Crippen LogP contribution in [0.25, 0.3) is 0 Å². The van der Waals surface area contributed by atoms with Crippen molar-refractivity contribution in [1.82, 2.24) is 0 Å². The van der Waals surface area contributed by atoms with E-state index in [2.05, 4.69) is 0 Å². The fraction of sp³-hybridized carbons (Fsp3) is 0.125. The lowest BCUT2D eigenvalue weighted by molar-refractivity contribution is 0.0696. The zero-order valence-corrected chi connectivity index (χ0v) is 11.6. The second kappa shape index (κ2) is 5.75. The predicted octanol–water partition coefficient (Wildman–Crippen LogP) is 3.11. The van der Waals surface area contributed by atoms with E-state index in [1.54, 1.807) is 13.0 Å². The van der Waals surface area contributed by atoms with Gasteiger partial charge in [0.2, 0.25) is 0 Å². The minimum Gasteiger partial charge on any atom is -0.478 e. The molecule has 2 aromatic rings. The first-order valence-corrected chi connectivity index (χ1v) is 6.27. The maximum absolute atomic E-state index is 13.7. The average Bonchev–Trinajstić information content (AvgIpc) is 2.48. The van der Waals surface area contributed by atoms with Crippen LogP contribution in [0.2, 0.25) is 0 Å². The van der Waals surface area contributed by atoms with Crippen LogP contribution in [-0.2, 0) is 0 Å². The second-order valence-electron chi connectivity index (χ2n) is 4.70. The molecule has 5 heteroatoms. The van der Waals surface area contributed by atoms with Crippen LogP contribution in [0.5, 0.6) is 0 Å². The standard InChI is InChI=1S/C16H14FNO3/c1-10-3-8-14(17)13(9-10)15(19)18(2)12-6-4-11(5-7-12)16(20)21/h3-9H,1-2H3,(H,20,21). The summed E-state index contributed by atoms with van der Waals surface area (Å²) in [7, 11) is 1.51. The van der Waals surface area contributed by atoms with Crippen molar-refractivity contribution in [2.75, 3.05) is 11.9 Å². The minimum atomic E-state index is -1.04. The van der Waals surface area contributed by atoms with E-state index in [0.29, 0.717) is 5.69 Å². The van der Waals surface area contributed by atoms with Crippen LogP contribution in [0.1, 0.15) is 26.3 Å². The first-order chi connectivity index (χ1) is 9.90. The third-order valence-corrected chi connectivity index (χ3v) is 3.16. The molecule has 1 N–H and O–H groups in total. The minimum absolute atomic E-state index is 0.0141. The summed E-state index contributed by atoms with van der Waals surface area (Å²) >= 11 is 0. The SMILES string of the molecule is Cc1ccc(F)c(C(=O)N(C)c2ccc(C(=O)O)cc2)c1. The molecule has 0 aliphatic rings. The quantitative estimate of drug-likeness (QED) is 0.943. The smallest absolute Gasteiger partial charge is 0.335 e. The molecule has 0 unspecified atom stereocenters. The molecule has 0 aliphatic heterocycles. The van der Waals surface area contributed by atoms with Gasteiger partial charge in [0, 0.05) is 12.7 Å². The zero-order valence-electron chi connectivity index (χ0n) is 11.6. The highest BCUT2D eigenvalue weighted by molar-refractivity contribution is 6.06. The lowest BCUT2D eigenvalue weighted by atomic mass is 10.1. The summed E-state index contributed by atoms with van der Waals surface area (Å²) in [6, 6.07) is 10.1.